The third-order valence-corrected chi connectivity index (χ3v) is 2.91. The molecule has 0 unspecified atom stereocenters. The van der Waals surface area contributed by atoms with Gasteiger partial charge >= 0.3 is 0 Å². The first-order valence-electron chi connectivity index (χ1n) is 5.76. The van der Waals surface area contributed by atoms with Crippen LogP contribution < -0.4 is 11.1 Å². The molecule has 0 fully saturated rings. The monoisotopic (exact) mass is 287 g/mol. The van der Waals surface area contributed by atoms with Gasteiger partial charge in [-0.3, -0.25) is 14.9 Å². The number of non-ortho nitro benzene ring substituents is 1. The van der Waals surface area contributed by atoms with Gasteiger partial charge in [-0.15, -0.1) is 12.4 Å². The number of carbonyl (C=O) groups excluding carboxylic acids is 1. The first-order valence-corrected chi connectivity index (χ1v) is 5.76. The third-order valence-electron chi connectivity index (χ3n) is 2.91. The van der Waals surface area contributed by atoms with Gasteiger partial charge in [0.1, 0.15) is 0 Å². The van der Waals surface area contributed by atoms with Crippen LogP contribution >= 0.6 is 12.4 Å². The maximum Gasteiger partial charge on any atom is 0.269 e. The fourth-order valence-corrected chi connectivity index (χ4v) is 1.40. The van der Waals surface area contributed by atoms with E-state index < -0.39 is 11.0 Å². The molecule has 0 saturated carbocycles. The van der Waals surface area contributed by atoms with Gasteiger partial charge in [-0.05, 0) is 18.1 Å². The highest BCUT2D eigenvalue weighted by Gasteiger charge is 2.19. The molecule has 0 heterocycles. The third kappa shape index (κ3) is 4.84. The van der Waals surface area contributed by atoms with E-state index in [9.17, 15) is 14.9 Å². The lowest BCUT2D eigenvalue weighted by Gasteiger charge is -2.17. The fourth-order valence-electron chi connectivity index (χ4n) is 1.40. The van der Waals surface area contributed by atoms with Crippen LogP contribution in [0.25, 0.3) is 0 Å². The van der Waals surface area contributed by atoms with Crippen molar-refractivity contribution in [2.75, 3.05) is 5.32 Å². The summed E-state index contributed by atoms with van der Waals surface area (Å²) in [5, 5.41) is 13.1. The second-order valence-corrected chi connectivity index (χ2v) is 4.20. The molecule has 0 aliphatic rings. The van der Waals surface area contributed by atoms with Crippen molar-refractivity contribution >= 4 is 29.7 Å². The predicted octanol–water partition coefficient (Wildman–Crippen LogP) is 2.33. The molecule has 19 heavy (non-hydrogen) atoms. The van der Waals surface area contributed by atoms with Crippen LogP contribution in [-0.4, -0.2) is 16.9 Å². The summed E-state index contributed by atoms with van der Waals surface area (Å²) in [5.74, 6) is -0.193. The minimum atomic E-state index is -0.579. The summed E-state index contributed by atoms with van der Waals surface area (Å²) in [7, 11) is 0. The number of nitrogens with two attached hydrogens (primary N) is 1. The minimum Gasteiger partial charge on any atom is -0.325 e. The van der Waals surface area contributed by atoms with Crippen LogP contribution in [0.5, 0.6) is 0 Å². The molecule has 0 radical (unpaired) electrons. The van der Waals surface area contributed by atoms with E-state index in [1.807, 2.05) is 13.8 Å². The van der Waals surface area contributed by atoms with Crippen LogP contribution in [0.15, 0.2) is 24.3 Å². The Bertz CT molecular complexity index is 436. The van der Waals surface area contributed by atoms with E-state index in [0.29, 0.717) is 5.69 Å². The van der Waals surface area contributed by atoms with E-state index in [1.54, 1.807) is 0 Å². The first kappa shape index (κ1) is 17.3. The molecule has 0 spiro atoms. The molecular formula is C12H18ClN3O3. The van der Waals surface area contributed by atoms with Gasteiger partial charge in [0.25, 0.3) is 5.69 Å². The number of hydrogen-bond donors (Lipinski definition) is 2. The smallest absolute Gasteiger partial charge is 0.269 e. The van der Waals surface area contributed by atoms with E-state index >= 15 is 0 Å². The highest BCUT2D eigenvalue weighted by molar-refractivity contribution is 5.94. The van der Waals surface area contributed by atoms with Gasteiger partial charge in [0.15, 0.2) is 0 Å². The molecule has 0 aliphatic heterocycles. The number of benzene rings is 1. The molecule has 106 valence electrons. The molecule has 0 bridgehead atoms. The number of nitrogens with zero attached hydrogens (tertiary/aromatic N) is 1. The Kier molecular flexibility index (Phi) is 7.03. The second kappa shape index (κ2) is 7.70. The normalized spacial score (nSPS) is 13.0. The molecule has 0 aromatic heterocycles. The number of anilines is 1. The van der Waals surface area contributed by atoms with Crippen LogP contribution in [0.2, 0.25) is 0 Å². The molecule has 6 nitrogen and oxygen atoms in total. The Morgan fingerprint density at radius 3 is 2.37 bits per heavy atom. The van der Waals surface area contributed by atoms with Crippen LogP contribution in [0.3, 0.4) is 0 Å². The van der Waals surface area contributed by atoms with Gasteiger partial charge in [-0.25, -0.2) is 0 Å². The Labute approximate surface area is 117 Å². The Morgan fingerprint density at radius 2 is 1.95 bits per heavy atom. The Balaban J connectivity index is 0.00000324. The van der Waals surface area contributed by atoms with Gasteiger partial charge in [-0.2, -0.15) is 0 Å². The fraction of sp³-hybridized carbons (Fsp3) is 0.417. The van der Waals surface area contributed by atoms with Crippen molar-refractivity contribution in [3.05, 3.63) is 34.4 Å². The molecule has 2 atom stereocenters. The SMILES string of the molecule is CC[C@H](C)[C@H](N)C(=O)Nc1ccc([N+](=O)[O-])cc1.Cl. The van der Waals surface area contributed by atoms with Crippen molar-refractivity contribution in [2.24, 2.45) is 11.7 Å². The zero-order chi connectivity index (χ0) is 13.7. The summed E-state index contributed by atoms with van der Waals surface area (Å²) in [6, 6.07) is 5.07. The number of hydrogen-bond acceptors (Lipinski definition) is 4. The number of nitro benzene ring substituents is 1. The van der Waals surface area contributed by atoms with Crippen molar-refractivity contribution < 1.29 is 9.72 Å². The zero-order valence-corrected chi connectivity index (χ0v) is 11.6. The summed E-state index contributed by atoms with van der Waals surface area (Å²) >= 11 is 0. The van der Waals surface area contributed by atoms with Gasteiger partial charge in [0.2, 0.25) is 5.91 Å². The van der Waals surface area contributed by atoms with Crippen LogP contribution in [0.1, 0.15) is 20.3 Å². The topological polar surface area (TPSA) is 98.3 Å². The number of rotatable bonds is 5. The standard InChI is InChI=1S/C12H17N3O3.ClH/c1-3-8(2)11(13)12(16)14-9-4-6-10(7-5-9)15(17)18;/h4-8,11H,3,13H2,1-2H3,(H,14,16);1H/t8-,11-;/m0./s1. The maximum absolute atomic E-state index is 11.8. The van der Waals surface area contributed by atoms with Crippen LogP contribution in [0.4, 0.5) is 11.4 Å². The summed E-state index contributed by atoms with van der Waals surface area (Å²) in [4.78, 5) is 21.7. The molecule has 1 amide bonds. The number of nitrogens with one attached hydrogen (secondary N) is 1. The Hall–Kier alpha value is -1.66. The predicted molar refractivity (Wildman–Crippen MR) is 76.4 cm³/mol. The summed E-state index contributed by atoms with van der Waals surface area (Å²) in [5.41, 5.74) is 6.27. The van der Waals surface area contributed by atoms with Crippen molar-refractivity contribution in [3.8, 4) is 0 Å². The molecule has 0 aliphatic carbocycles. The summed E-state index contributed by atoms with van der Waals surface area (Å²) in [6.45, 7) is 3.86. The number of amides is 1. The lowest BCUT2D eigenvalue weighted by Crippen LogP contribution is -2.40. The van der Waals surface area contributed by atoms with E-state index in [-0.39, 0.29) is 29.9 Å². The van der Waals surface area contributed by atoms with Gasteiger partial charge < -0.3 is 11.1 Å². The van der Waals surface area contributed by atoms with Crippen molar-refractivity contribution in [2.45, 2.75) is 26.3 Å². The molecule has 0 saturated heterocycles. The van der Waals surface area contributed by atoms with Crippen molar-refractivity contribution in [1.29, 1.82) is 0 Å². The first-order chi connectivity index (χ1) is 8.45. The lowest BCUT2D eigenvalue weighted by molar-refractivity contribution is -0.384. The quantitative estimate of drug-likeness (QED) is 0.641. The van der Waals surface area contributed by atoms with Crippen molar-refractivity contribution in [1.82, 2.24) is 0 Å². The summed E-state index contributed by atoms with van der Waals surface area (Å²) < 4.78 is 0. The number of nitro groups is 1. The Morgan fingerprint density at radius 1 is 1.42 bits per heavy atom. The van der Waals surface area contributed by atoms with Gasteiger partial charge in [0, 0.05) is 17.8 Å². The molecule has 7 heteroatoms. The van der Waals surface area contributed by atoms with E-state index in [0.717, 1.165) is 6.42 Å². The van der Waals surface area contributed by atoms with Crippen molar-refractivity contribution in [3.63, 3.8) is 0 Å². The highest BCUT2D eigenvalue weighted by atomic mass is 35.5. The zero-order valence-electron chi connectivity index (χ0n) is 10.8. The second-order valence-electron chi connectivity index (χ2n) is 4.20. The minimum absolute atomic E-state index is 0. The van der Waals surface area contributed by atoms with Gasteiger partial charge in [0.05, 0.1) is 11.0 Å². The molecule has 1 rings (SSSR count). The average molecular weight is 288 g/mol. The summed E-state index contributed by atoms with van der Waals surface area (Å²) in [6.07, 6.45) is 0.814. The van der Waals surface area contributed by atoms with E-state index in [2.05, 4.69) is 5.32 Å². The largest absolute Gasteiger partial charge is 0.325 e. The number of halogens is 1. The maximum atomic E-state index is 11.8. The highest BCUT2D eigenvalue weighted by Crippen LogP contribution is 2.16. The molecule has 3 N–H and O–H groups in total. The van der Waals surface area contributed by atoms with Gasteiger partial charge in [-0.1, -0.05) is 20.3 Å². The number of carbonyl (C=O) groups is 1. The van der Waals surface area contributed by atoms with Crippen LogP contribution in [-0.2, 0) is 4.79 Å². The molecule has 1 aromatic carbocycles. The lowest BCUT2D eigenvalue weighted by atomic mass is 9.99. The van der Waals surface area contributed by atoms with E-state index in [4.69, 9.17) is 5.73 Å². The molecule has 1 aromatic rings. The molecular weight excluding hydrogens is 270 g/mol. The average Bonchev–Trinajstić information content (AvgIpc) is 2.37. The van der Waals surface area contributed by atoms with E-state index in [1.165, 1.54) is 24.3 Å². The van der Waals surface area contributed by atoms with Crippen LogP contribution in [0, 0.1) is 16.0 Å².